The topological polar surface area (TPSA) is 61.0 Å². The first-order valence-electron chi connectivity index (χ1n) is 6.08. The van der Waals surface area contributed by atoms with Crippen LogP contribution in [0.25, 0.3) is 5.69 Å². The molecule has 0 saturated heterocycles. The van der Waals surface area contributed by atoms with E-state index in [4.69, 9.17) is 23.2 Å². The number of benzene rings is 1. The van der Waals surface area contributed by atoms with E-state index in [1.165, 1.54) is 4.68 Å². The highest BCUT2D eigenvalue weighted by molar-refractivity contribution is 6.32. The molecule has 0 aliphatic carbocycles. The van der Waals surface area contributed by atoms with Crippen molar-refractivity contribution in [1.82, 2.24) is 9.78 Å². The van der Waals surface area contributed by atoms with E-state index in [-0.39, 0.29) is 16.8 Å². The highest BCUT2D eigenvalue weighted by atomic mass is 35.5. The van der Waals surface area contributed by atoms with Gasteiger partial charge in [-0.3, -0.25) is 10.1 Å². The predicted molar refractivity (Wildman–Crippen MR) is 78.8 cm³/mol. The summed E-state index contributed by atoms with van der Waals surface area (Å²) in [4.78, 5) is 10.7. The molecule has 106 valence electrons. The molecule has 0 atom stereocenters. The van der Waals surface area contributed by atoms with E-state index >= 15 is 0 Å². The van der Waals surface area contributed by atoms with Crippen molar-refractivity contribution in [3.8, 4) is 5.69 Å². The summed E-state index contributed by atoms with van der Waals surface area (Å²) in [5.41, 5.74) is 0.843. The molecule has 0 spiro atoms. The number of nitro groups is 1. The molecular formula is C13H13Cl2N3O2. The van der Waals surface area contributed by atoms with Crippen LogP contribution in [-0.2, 0) is 6.42 Å². The van der Waals surface area contributed by atoms with Crippen molar-refractivity contribution >= 4 is 28.9 Å². The molecule has 0 saturated carbocycles. The molecule has 2 aromatic rings. The van der Waals surface area contributed by atoms with Crippen LogP contribution in [0.2, 0.25) is 10.2 Å². The molecule has 0 aliphatic rings. The molecule has 2 rings (SSSR count). The minimum Gasteiger partial charge on any atom is -0.258 e. The Kier molecular flexibility index (Phi) is 4.30. The molecule has 0 unspecified atom stereocenters. The fraction of sp³-hybridized carbons (Fsp3) is 0.308. The van der Waals surface area contributed by atoms with Gasteiger partial charge in [-0.25, -0.2) is 4.68 Å². The molecule has 1 heterocycles. The maximum atomic E-state index is 11.2. The zero-order chi connectivity index (χ0) is 14.9. The molecule has 0 fully saturated rings. The second-order valence-corrected chi connectivity index (χ2v) is 5.63. The van der Waals surface area contributed by atoms with Crippen LogP contribution in [0.4, 0.5) is 5.69 Å². The van der Waals surface area contributed by atoms with Gasteiger partial charge in [0.05, 0.1) is 10.6 Å². The first-order chi connectivity index (χ1) is 9.40. The van der Waals surface area contributed by atoms with Crippen molar-refractivity contribution in [3.05, 3.63) is 50.2 Å². The van der Waals surface area contributed by atoms with Crippen molar-refractivity contribution in [2.24, 2.45) is 5.92 Å². The fourth-order valence-corrected chi connectivity index (χ4v) is 2.41. The summed E-state index contributed by atoms with van der Waals surface area (Å²) < 4.78 is 1.35. The van der Waals surface area contributed by atoms with Gasteiger partial charge >= 0.3 is 5.69 Å². The third-order valence-corrected chi connectivity index (χ3v) is 3.29. The van der Waals surface area contributed by atoms with Crippen LogP contribution < -0.4 is 0 Å². The Morgan fingerprint density at radius 1 is 1.40 bits per heavy atom. The smallest absolute Gasteiger partial charge is 0.258 e. The van der Waals surface area contributed by atoms with Crippen LogP contribution >= 0.6 is 23.2 Å². The van der Waals surface area contributed by atoms with Crippen molar-refractivity contribution in [3.63, 3.8) is 0 Å². The maximum Gasteiger partial charge on any atom is 0.329 e. The number of halogens is 2. The van der Waals surface area contributed by atoms with Crippen molar-refractivity contribution in [2.45, 2.75) is 20.3 Å². The lowest BCUT2D eigenvalue weighted by molar-refractivity contribution is -0.385. The second-order valence-electron chi connectivity index (χ2n) is 4.83. The standard InChI is InChI=1S/C13H13Cl2N3O2/c1-8(2)6-11-12(18(19)20)13(15)17(16-11)10-5-3-4-9(14)7-10/h3-5,7-8H,6H2,1-2H3. The number of hydrogen-bond acceptors (Lipinski definition) is 3. The van der Waals surface area contributed by atoms with Gasteiger partial charge in [-0.2, -0.15) is 5.10 Å². The molecule has 1 aromatic carbocycles. The molecular weight excluding hydrogens is 301 g/mol. The van der Waals surface area contributed by atoms with Crippen LogP contribution in [-0.4, -0.2) is 14.7 Å². The van der Waals surface area contributed by atoms with Gasteiger partial charge in [-0.1, -0.05) is 43.1 Å². The van der Waals surface area contributed by atoms with Crippen LogP contribution in [0.1, 0.15) is 19.5 Å². The van der Waals surface area contributed by atoms with Gasteiger partial charge in [0.2, 0.25) is 5.15 Å². The quantitative estimate of drug-likeness (QED) is 0.625. The molecule has 1 aromatic heterocycles. The number of hydrogen-bond donors (Lipinski definition) is 0. The molecule has 20 heavy (non-hydrogen) atoms. The van der Waals surface area contributed by atoms with Gasteiger partial charge in [0.15, 0.2) is 0 Å². The minimum atomic E-state index is -0.492. The third kappa shape index (κ3) is 2.94. The van der Waals surface area contributed by atoms with Gasteiger partial charge in [-0.15, -0.1) is 0 Å². The van der Waals surface area contributed by atoms with Crippen LogP contribution in [0, 0.1) is 16.0 Å². The minimum absolute atomic E-state index is 0.00656. The van der Waals surface area contributed by atoms with E-state index in [0.717, 1.165) is 0 Å². The van der Waals surface area contributed by atoms with E-state index in [9.17, 15) is 10.1 Å². The lowest BCUT2D eigenvalue weighted by Gasteiger charge is -2.02. The van der Waals surface area contributed by atoms with E-state index in [0.29, 0.717) is 22.8 Å². The Morgan fingerprint density at radius 2 is 2.10 bits per heavy atom. The SMILES string of the molecule is CC(C)Cc1nn(-c2cccc(Cl)c2)c(Cl)c1[N+](=O)[O-]. The predicted octanol–water partition coefficient (Wildman–Crippen LogP) is 4.29. The van der Waals surface area contributed by atoms with E-state index < -0.39 is 4.92 Å². The van der Waals surface area contributed by atoms with Gasteiger partial charge in [-0.05, 0) is 24.1 Å². The van der Waals surface area contributed by atoms with E-state index in [2.05, 4.69) is 5.10 Å². The third-order valence-electron chi connectivity index (χ3n) is 2.71. The van der Waals surface area contributed by atoms with Gasteiger partial charge < -0.3 is 0 Å². The van der Waals surface area contributed by atoms with Crippen molar-refractivity contribution in [1.29, 1.82) is 0 Å². The van der Waals surface area contributed by atoms with Gasteiger partial charge in [0.25, 0.3) is 0 Å². The zero-order valence-corrected chi connectivity index (χ0v) is 12.5. The Hall–Kier alpha value is -1.59. The number of rotatable bonds is 4. The summed E-state index contributed by atoms with van der Waals surface area (Å²) in [6.07, 6.45) is 0.490. The van der Waals surface area contributed by atoms with Crippen LogP contribution in [0.5, 0.6) is 0 Å². The Bertz CT molecular complexity index is 653. The summed E-state index contributed by atoms with van der Waals surface area (Å²) in [6, 6.07) is 6.85. The van der Waals surface area contributed by atoms with Gasteiger partial charge in [0.1, 0.15) is 5.69 Å². The molecule has 5 nitrogen and oxygen atoms in total. The Morgan fingerprint density at radius 3 is 2.65 bits per heavy atom. The summed E-state index contributed by atoms with van der Waals surface area (Å²) in [6.45, 7) is 3.94. The largest absolute Gasteiger partial charge is 0.329 e. The van der Waals surface area contributed by atoms with Gasteiger partial charge in [0, 0.05) is 11.4 Å². The number of nitrogens with zero attached hydrogens (tertiary/aromatic N) is 3. The first-order valence-corrected chi connectivity index (χ1v) is 6.83. The zero-order valence-electron chi connectivity index (χ0n) is 11.0. The lowest BCUT2D eigenvalue weighted by Crippen LogP contribution is -2.00. The molecule has 0 amide bonds. The summed E-state index contributed by atoms with van der Waals surface area (Å²) >= 11 is 12.0. The second kappa shape index (κ2) is 5.81. The maximum absolute atomic E-state index is 11.2. The highest BCUT2D eigenvalue weighted by Gasteiger charge is 2.27. The van der Waals surface area contributed by atoms with Crippen molar-refractivity contribution < 1.29 is 4.92 Å². The van der Waals surface area contributed by atoms with E-state index in [1.54, 1.807) is 24.3 Å². The molecule has 0 aliphatic heterocycles. The molecule has 0 radical (unpaired) electrons. The molecule has 0 bridgehead atoms. The average Bonchev–Trinajstić information content (AvgIpc) is 2.65. The highest BCUT2D eigenvalue weighted by Crippen LogP contribution is 2.32. The molecule has 0 N–H and O–H groups in total. The summed E-state index contributed by atoms with van der Waals surface area (Å²) in [7, 11) is 0. The fourth-order valence-electron chi connectivity index (χ4n) is 1.92. The number of aromatic nitrogens is 2. The Labute approximate surface area is 126 Å². The Balaban J connectivity index is 2.58. The van der Waals surface area contributed by atoms with Crippen LogP contribution in [0.15, 0.2) is 24.3 Å². The van der Waals surface area contributed by atoms with E-state index in [1.807, 2.05) is 13.8 Å². The van der Waals surface area contributed by atoms with Crippen LogP contribution in [0.3, 0.4) is 0 Å². The summed E-state index contributed by atoms with van der Waals surface area (Å²) in [5, 5.41) is 16.0. The first kappa shape index (κ1) is 14.8. The normalized spacial score (nSPS) is 11.1. The lowest BCUT2D eigenvalue weighted by atomic mass is 10.1. The molecule has 7 heteroatoms. The summed E-state index contributed by atoms with van der Waals surface area (Å²) in [5.74, 6) is 0.243. The monoisotopic (exact) mass is 313 g/mol. The van der Waals surface area contributed by atoms with Crippen molar-refractivity contribution in [2.75, 3.05) is 0 Å². The average molecular weight is 314 g/mol.